The van der Waals surface area contributed by atoms with Gasteiger partial charge >= 0.3 is 5.97 Å². The van der Waals surface area contributed by atoms with Crippen LogP contribution in [0.15, 0.2) is 34.3 Å². The molecule has 0 radical (unpaired) electrons. The van der Waals surface area contributed by atoms with Crippen molar-refractivity contribution in [2.45, 2.75) is 30.0 Å². The molecule has 0 fully saturated rings. The summed E-state index contributed by atoms with van der Waals surface area (Å²) in [5.41, 5.74) is 0.770. The standard InChI is InChI=1S/C13H16Cl2N2O4S/c1-4-21-12(18)13(14,15)10(3)16-17-22(19,20)11-7-5-9(2)6-8-11/h5-8,17H,4H2,1-3H3/b16-10+. The highest BCUT2D eigenvalue weighted by Gasteiger charge is 2.39. The van der Waals surface area contributed by atoms with Gasteiger partial charge in [0, 0.05) is 0 Å². The van der Waals surface area contributed by atoms with E-state index in [9.17, 15) is 13.2 Å². The van der Waals surface area contributed by atoms with E-state index < -0.39 is 20.3 Å². The van der Waals surface area contributed by atoms with Crippen LogP contribution in [0.2, 0.25) is 0 Å². The monoisotopic (exact) mass is 366 g/mol. The van der Waals surface area contributed by atoms with Crippen LogP contribution in [0.4, 0.5) is 0 Å². The van der Waals surface area contributed by atoms with Gasteiger partial charge in [-0.25, -0.2) is 9.63 Å². The van der Waals surface area contributed by atoms with Gasteiger partial charge in [-0.3, -0.25) is 0 Å². The maximum atomic E-state index is 12.0. The van der Waals surface area contributed by atoms with Crippen molar-refractivity contribution in [1.29, 1.82) is 0 Å². The second-order valence-corrected chi connectivity index (χ2v) is 7.39. The molecule has 0 aliphatic rings. The van der Waals surface area contributed by atoms with Crippen molar-refractivity contribution in [2.75, 3.05) is 6.61 Å². The lowest BCUT2D eigenvalue weighted by atomic mass is 10.2. The number of ether oxygens (including phenoxy) is 1. The Hall–Kier alpha value is -1.31. The first-order chi connectivity index (χ1) is 10.1. The summed E-state index contributed by atoms with van der Waals surface area (Å²) < 4.78 is 26.7. The number of hydrogen-bond acceptors (Lipinski definition) is 5. The number of benzene rings is 1. The molecule has 22 heavy (non-hydrogen) atoms. The lowest BCUT2D eigenvalue weighted by molar-refractivity contribution is -0.142. The molecular formula is C13H16Cl2N2O4S. The first kappa shape index (κ1) is 18.7. The third-order valence-corrected chi connectivity index (χ3v) is 4.73. The summed E-state index contributed by atoms with van der Waals surface area (Å²) in [6.07, 6.45) is 0. The van der Waals surface area contributed by atoms with Gasteiger partial charge in [-0.15, -0.1) is 0 Å². The Kier molecular flexibility index (Phi) is 6.22. The highest BCUT2D eigenvalue weighted by Crippen LogP contribution is 2.25. The molecule has 0 heterocycles. The molecule has 0 unspecified atom stereocenters. The first-order valence-electron chi connectivity index (χ1n) is 6.29. The maximum Gasteiger partial charge on any atom is 0.348 e. The van der Waals surface area contributed by atoms with Gasteiger partial charge < -0.3 is 4.74 Å². The number of carbonyl (C=O) groups is 1. The number of sulfonamides is 1. The highest BCUT2D eigenvalue weighted by molar-refractivity contribution is 7.89. The summed E-state index contributed by atoms with van der Waals surface area (Å²) in [7, 11) is -3.88. The zero-order chi connectivity index (χ0) is 17.0. The van der Waals surface area contributed by atoms with Gasteiger partial charge in [-0.2, -0.15) is 13.5 Å². The SMILES string of the molecule is CCOC(=O)C(Cl)(Cl)/C(C)=N/NS(=O)(=O)c1ccc(C)cc1. The molecule has 0 saturated carbocycles. The number of nitrogens with one attached hydrogen (secondary N) is 1. The van der Waals surface area contributed by atoms with Crippen LogP contribution in [0.25, 0.3) is 0 Å². The first-order valence-corrected chi connectivity index (χ1v) is 8.53. The van der Waals surface area contributed by atoms with Crippen LogP contribution in [0.5, 0.6) is 0 Å². The van der Waals surface area contributed by atoms with Gasteiger partial charge in [0.25, 0.3) is 14.4 Å². The predicted molar refractivity (Wildman–Crippen MR) is 85.7 cm³/mol. The Bertz CT molecular complexity index is 670. The highest BCUT2D eigenvalue weighted by atomic mass is 35.5. The minimum Gasteiger partial charge on any atom is -0.463 e. The molecule has 0 amide bonds. The van der Waals surface area contributed by atoms with Crippen LogP contribution in [0.3, 0.4) is 0 Å². The fraction of sp³-hybridized carbons (Fsp3) is 0.385. The van der Waals surface area contributed by atoms with Crippen LogP contribution in [-0.4, -0.2) is 31.0 Å². The van der Waals surface area contributed by atoms with Crippen molar-refractivity contribution >= 4 is 44.9 Å². The molecule has 0 spiro atoms. The van der Waals surface area contributed by atoms with E-state index in [1.54, 1.807) is 19.1 Å². The second kappa shape index (κ2) is 7.30. The molecule has 9 heteroatoms. The number of esters is 1. The van der Waals surface area contributed by atoms with Gasteiger partial charge in [0.05, 0.1) is 17.2 Å². The largest absolute Gasteiger partial charge is 0.463 e. The van der Waals surface area contributed by atoms with Crippen molar-refractivity contribution in [1.82, 2.24) is 4.83 Å². The normalized spacial score (nSPS) is 12.9. The summed E-state index contributed by atoms with van der Waals surface area (Å²) >= 11 is 11.7. The van der Waals surface area contributed by atoms with Crippen molar-refractivity contribution < 1.29 is 17.9 Å². The molecule has 0 aliphatic carbocycles. The van der Waals surface area contributed by atoms with E-state index in [-0.39, 0.29) is 17.2 Å². The van der Waals surface area contributed by atoms with E-state index in [0.717, 1.165) is 5.56 Å². The smallest absolute Gasteiger partial charge is 0.348 e. The lowest BCUT2D eigenvalue weighted by Crippen LogP contribution is -2.37. The Labute approximate surface area is 139 Å². The summed E-state index contributed by atoms with van der Waals surface area (Å²) in [6, 6.07) is 6.17. The number of hydrogen-bond donors (Lipinski definition) is 1. The second-order valence-electron chi connectivity index (χ2n) is 4.40. The summed E-state index contributed by atoms with van der Waals surface area (Å²) in [5, 5.41) is 3.58. The molecule has 1 rings (SSSR count). The minimum atomic E-state index is -3.88. The Morgan fingerprint density at radius 2 is 1.86 bits per heavy atom. The molecule has 1 aromatic carbocycles. The number of rotatable bonds is 6. The number of aryl methyl sites for hydroxylation is 1. The zero-order valence-electron chi connectivity index (χ0n) is 12.3. The lowest BCUT2D eigenvalue weighted by Gasteiger charge is -2.17. The molecule has 6 nitrogen and oxygen atoms in total. The molecule has 0 aromatic heterocycles. The molecule has 0 saturated heterocycles. The number of halogens is 2. The van der Waals surface area contributed by atoms with Gasteiger partial charge in [0.2, 0.25) is 0 Å². The van der Waals surface area contributed by atoms with E-state index in [1.807, 2.05) is 11.8 Å². The predicted octanol–water partition coefficient (Wildman–Crippen LogP) is 2.39. The number of alkyl halides is 2. The number of nitrogens with zero attached hydrogens (tertiary/aromatic N) is 1. The molecule has 1 N–H and O–H groups in total. The van der Waals surface area contributed by atoms with Gasteiger partial charge in [-0.05, 0) is 32.9 Å². The van der Waals surface area contributed by atoms with Crippen molar-refractivity contribution in [3.8, 4) is 0 Å². The fourth-order valence-corrected chi connectivity index (χ4v) is 2.39. The minimum absolute atomic E-state index is 0.0283. The van der Waals surface area contributed by atoms with Crippen molar-refractivity contribution in [3.63, 3.8) is 0 Å². The Morgan fingerprint density at radius 3 is 2.36 bits per heavy atom. The van der Waals surface area contributed by atoms with Crippen LogP contribution < -0.4 is 4.83 Å². The van der Waals surface area contributed by atoms with E-state index in [1.165, 1.54) is 19.1 Å². The van der Waals surface area contributed by atoms with Gasteiger partial charge in [-0.1, -0.05) is 40.9 Å². The Balaban J connectivity index is 2.94. The topological polar surface area (TPSA) is 84.8 Å². The summed E-state index contributed by atoms with van der Waals surface area (Å²) in [4.78, 5) is 13.6. The van der Waals surface area contributed by atoms with Gasteiger partial charge in [0.15, 0.2) is 0 Å². The van der Waals surface area contributed by atoms with Crippen LogP contribution >= 0.6 is 23.2 Å². The number of hydrazone groups is 1. The van der Waals surface area contributed by atoms with Gasteiger partial charge in [0.1, 0.15) is 0 Å². The van der Waals surface area contributed by atoms with E-state index in [0.29, 0.717) is 0 Å². The molecule has 1 aromatic rings. The fourth-order valence-electron chi connectivity index (χ4n) is 1.34. The van der Waals surface area contributed by atoms with Crippen molar-refractivity contribution in [3.05, 3.63) is 29.8 Å². The van der Waals surface area contributed by atoms with Crippen LogP contribution in [0.1, 0.15) is 19.4 Å². The third kappa shape index (κ3) is 4.59. The van der Waals surface area contributed by atoms with E-state index >= 15 is 0 Å². The van der Waals surface area contributed by atoms with E-state index in [2.05, 4.69) is 5.10 Å². The molecular weight excluding hydrogens is 351 g/mol. The summed E-state index contributed by atoms with van der Waals surface area (Å²) in [5.74, 6) is -0.922. The van der Waals surface area contributed by atoms with Crippen LogP contribution in [0, 0.1) is 6.92 Å². The zero-order valence-corrected chi connectivity index (χ0v) is 14.6. The third-order valence-electron chi connectivity index (χ3n) is 2.65. The average molecular weight is 367 g/mol. The van der Waals surface area contributed by atoms with Crippen molar-refractivity contribution in [2.24, 2.45) is 5.10 Å². The van der Waals surface area contributed by atoms with Crippen LogP contribution in [-0.2, 0) is 19.6 Å². The maximum absolute atomic E-state index is 12.0. The van der Waals surface area contributed by atoms with E-state index in [4.69, 9.17) is 27.9 Å². The average Bonchev–Trinajstić information content (AvgIpc) is 2.45. The number of carbonyl (C=O) groups excluding carboxylic acids is 1. The molecule has 122 valence electrons. The Morgan fingerprint density at radius 1 is 1.32 bits per heavy atom. The molecule has 0 atom stereocenters. The summed E-state index contributed by atoms with van der Waals surface area (Å²) in [6.45, 7) is 4.83. The molecule has 0 bridgehead atoms. The molecule has 0 aliphatic heterocycles. The quantitative estimate of drug-likeness (QED) is 0.362.